The molecule has 1 aromatic carbocycles. The van der Waals surface area contributed by atoms with Gasteiger partial charge in [-0.05, 0) is 0 Å². The molecule has 0 aliphatic carbocycles. The number of hydroxylamine groups is 2. The van der Waals surface area contributed by atoms with Crippen LogP contribution >= 0.6 is 0 Å². The van der Waals surface area contributed by atoms with Gasteiger partial charge in [0.25, 0.3) is 0 Å². The number of carbonyl (C=O) groups is 1. The van der Waals surface area contributed by atoms with Crippen molar-refractivity contribution < 1.29 is 9.53 Å². The van der Waals surface area contributed by atoms with Crippen molar-refractivity contribution >= 4 is 20.9 Å². The van der Waals surface area contributed by atoms with Crippen molar-refractivity contribution in [3.63, 3.8) is 0 Å². The number of para-hydroxylation sites is 1. The van der Waals surface area contributed by atoms with Gasteiger partial charge in [0, 0.05) is 0 Å². The summed E-state index contributed by atoms with van der Waals surface area (Å²) < 4.78 is 5.33. The zero-order valence-corrected chi connectivity index (χ0v) is 11.7. The molecule has 2 unspecified atom stereocenters. The molecule has 1 N–H and O–H groups in total. The van der Waals surface area contributed by atoms with Crippen LogP contribution in [0.4, 0.5) is 0 Å². The average molecular weight is 314 g/mol. The number of carbonyl (C=O) groups excluding carboxylic acids is 1. The second-order valence-corrected chi connectivity index (χ2v) is 6.00. The molecular formula is C12H15N2O3Se-. The summed E-state index contributed by atoms with van der Waals surface area (Å²) in [4.78, 5) is 11.6. The van der Waals surface area contributed by atoms with Crippen molar-refractivity contribution in [3.8, 4) is 5.75 Å². The van der Waals surface area contributed by atoms with Crippen LogP contribution in [0.5, 0.6) is 5.75 Å². The van der Waals surface area contributed by atoms with E-state index in [1.54, 1.807) is 12.1 Å². The van der Waals surface area contributed by atoms with Crippen LogP contribution < -0.4 is 10.1 Å². The molecule has 1 aromatic rings. The third-order valence-corrected chi connectivity index (χ3v) is 4.90. The standard InChI is InChI=1S/C12H15N2O3Se/c1-18-12-10(7-14(12)16)13-11(15)8-17-9-5-3-2-4-6-9/h2-6,10,12H,7-8H2,1H3,(H,13,15)/q-1. The Balaban J connectivity index is 1.73. The van der Waals surface area contributed by atoms with Crippen LogP contribution in [0.15, 0.2) is 30.3 Å². The first kappa shape index (κ1) is 13.4. The molecule has 0 radical (unpaired) electrons. The Morgan fingerprint density at radius 2 is 2.28 bits per heavy atom. The van der Waals surface area contributed by atoms with Gasteiger partial charge in [0.1, 0.15) is 0 Å². The summed E-state index contributed by atoms with van der Waals surface area (Å²) in [5.74, 6) is 2.50. The van der Waals surface area contributed by atoms with Crippen LogP contribution in [-0.4, -0.2) is 50.1 Å². The zero-order valence-electron chi connectivity index (χ0n) is 10.0. The number of hydrogen-bond donors (Lipinski definition) is 1. The molecule has 18 heavy (non-hydrogen) atoms. The molecule has 1 heterocycles. The Hall–Kier alpha value is -1.07. The zero-order chi connectivity index (χ0) is 13.0. The molecule has 1 amide bonds. The Labute approximate surface area is 112 Å². The van der Waals surface area contributed by atoms with Gasteiger partial charge in [-0.3, -0.25) is 0 Å². The number of ether oxygens (including phenoxy) is 1. The van der Waals surface area contributed by atoms with E-state index in [1.807, 2.05) is 24.0 Å². The van der Waals surface area contributed by atoms with Gasteiger partial charge in [0.05, 0.1) is 0 Å². The third kappa shape index (κ3) is 3.23. The maximum absolute atomic E-state index is 11.6. The van der Waals surface area contributed by atoms with Gasteiger partial charge < -0.3 is 0 Å². The fourth-order valence-corrected chi connectivity index (χ4v) is 3.45. The molecule has 5 nitrogen and oxygen atoms in total. The van der Waals surface area contributed by atoms with Crippen molar-refractivity contribution in [2.24, 2.45) is 0 Å². The maximum atomic E-state index is 11.6. The van der Waals surface area contributed by atoms with Crippen molar-refractivity contribution in [1.82, 2.24) is 10.4 Å². The van der Waals surface area contributed by atoms with Crippen LogP contribution in [0.3, 0.4) is 0 Å². The molecule has 1 aliphatic heterocycles. The summed E-state index contributed by atoms with van der Waals surface area (Å²) in [5.41, 5.74) is 0. The average Bonchev–Trinajstić information content (AvgIpc) is 2.37. The second kappa shape index (κ2) is 6.20. The fourth-order valence-electron chi connectivity index (χ4n) is 1.76. The Bertz CT molecular complexity index is 402. The van der Waals surface area contributed by atoms with Crippen LogP contribution in [0.1, 0.15) is 0 Å². The summed E-state index contributed by atoms with van der Waals surface area (Å²) in [6, 6.07) is 9.17. The first-order valence-electron chi connectivity index (χ1n) is 5.64. The topological polar surface area (TPSA) is 64.6 Å². The number of hydrogen-bond acceptors (Lipinski definition) is 4. The normalized spacial score (nSPS) is 23.2. The molecule has 0 bridgehead atoms. The van der Waals surface area contributed by atoms with Gasteiger partial charge in [-0.1, -0.05) is 0 Å². The van der Waals surface area contributed by atoms with E-state index in [4.69, 9.17) is 4.74 Å². The molecule has 6 heteroatoms. The fraction of sp³-hybridized carbons (Fsp3) is 0.417. The third-order valence-electron chi connectivity index (χ3n) is 2.71. The van der Waals surface area contributed by atoms with Gasteiger partial charge in [0.2, 0.25) is 0 Å². The first-order chi connectivity index (χ1) is 8.70. The van der Waals surface area contributed by atoms with Crippen molar-refractivity contribution in [2.45, 2.75) is 16.8 Å². The van der Waals surface area contributed by atoms with E-state index in [2.05, 4.69) is 5.32 Å². The quantitative estimate of drug-likeness (QED) is 0.801. The van der Waals surface area contributed by atoms with Crippen molar-refractivity contribution in [2.75, 3.05) is 13.2 Å². The van der Waals surface area contributed by atoms with E-state index < -0.39 is 0 Å². The van der Waals surface area contributed by atoms with E-state index in [0.717, 1.165) is 5.06 Å². The van der Waals surface area contributed by atoms with Gasteiger partial charge >= 0.3 is 112 Å². The molecule has 1 fully saturated rings. The van der Waals surface area contributed by atoms with E-state index in [9.17, 15) is 10.0 Å². The second-order valence-electron chi connectivity index (χ2n) is 4.00. The van der Waals surface area contributed by atoms with E-state index >= 15 is 0 Å². The summed E-state index contributed by atoms with van der Waals surface area (Å²) in [6.45, 7) is 0.375. The predicted octanol–water partition coefficient (Wildman–Crippen LogP) is 0.442. The summed E-state index contributed by atoms with van der Waals surface area (Å²) in [7, 11) is 0. The van der Waals surface area contributed by atoms with Crippen molar-refractivity contribution in [3.05, 3.63) is 35.5 Å². The Morgan fingerprint density at radius 1 is 1.56 bits per heavy atom. The summed E-state index contributed by atoms with van der Waals surface area (Å²) in [5, 5.41) is 15.0. The van der Waals surface area contributed by atoms with Gasteiger partial charge in [-0.25, -0.2) is 0 Å². The minimum atomic E-state index is -0.175. The molecule has 2 atom stereocenters. The van der Waals surface area contributed by atoms with Crippen molar-refractivity contribution in [1.29, 1.82) is 0 Å². The molecule has 2 rings (SSSR count). The molecular weight excluding hydrogens is 299 g/mol. The summed E-state index contributed by atoms with van der Waals surface area (Å²) >= 11 is 0.220. The summed E-state index contributed by atoms with van der Waals surface area (Å²) in [6.07, 6.45) is 0. The number of benzene rings is 1. The van der Waals surface area contributed by atoms with Crippen LogP contribution in [0.25, 0.3) is 0 Å². The number of nitrogens with zero attached hydrogens (tertiary/aromatic N) is 1. The molecule has 1 aliphatic rings. The van der Waals surface area contributed by atoms with E-state index in [0.29, 0.717) is 12.3 Å². The van der Waals surface area contributed by atoms with Gasteiger partial charge in [-0.2, -0.15) is 0 Å². The number of rotatable bonds is 5. The van der Waals surface area contributed by atoms with Crippen LogP contribution in [0.2, 0.25) is 5.82 Å². The molecule has 0 aromatic heterocycles. The van der Waals surface area contributed by atoms with Gasteiger partial charge in [-0.15, -0.1) is 0 Å². The SMILES string of the molecule is C[Se]C1C(NC(=O)COc2ccccc2)CN1[O-]. The molecule has 98 valence electrons. The predicted molar refractivity (Wildman–Crippen MR) is 69.3 cm³/mol. The monoisotopic (exact) mass is 315 g/mol. The number of amides is 1. The molecule has 1 saturated heterocycles. The van der Waals surface area contributed by atoms with E-state index in [1.165, 1.54) is 0 Å². The number of nitrogens with one attached hydrogen (secondary N) is 1. The Morgan fingerprint density at radius 3 is 2.89 bits per heavy atom. The first-order valence-corrected chi connectivity index (χ1v) is 8.34. The molecule has 0 spiro atoms. The molecule has 0 saturated carbocycles. The van der Waals surface area contributed by atoms with E-state index in [-0.39, 0.29) is 38.5 Å². The minimum absolute atomic E-state index is 0.0111. The van der Waals surface area contributed by atoms with Crippen LogP contribution in [-0.2, 0) is 4.79 Å². The van der Waals surface area contributed by atoms with Gasteiger partial charge in [0.15, 0.2) is 0 Å². The Kier molecular flexibility index (Phi) is 4.60. The van der Waals surface area contributed by atoms with Crippen LogP contribution in [0, 0.1) is 5.21 Å².